The van der Waals surface area contributed by atoms with E-state index in [1.54, 1.807) is 0 Å². The van der Waals surface area contributed by atoms with E-state index in [0.29, 0.717) is 12.0 Å². The van der Waals surface area contributed by atoms with Crippen LogP contribution in [0.3, 0.4) is 0 Å². The Morgan fingerprint density at radius 1 is 1.44 bits per heavy atom. The molecular formula is C15H25NOS. The van der Waals surface area contributed by atoms with Crippen molar-refractivity contribution in [2.75, 3.05) is 6.54 Å². The van der Waals surface area contributed by atoms with Gasteiger partial charge in [0.05, 0.1) is 6.10 Å². The fraction of sp³-hybridized carbons (Fsp3) is 0.733. The third kappa shape index (κ3) is 3.56. The van der Waals surface area contributed by atoms with Gasteiger partial charge in [-0.05, 0) is 64.1 Å². The second kappa shape index (κ2) is 6.18. The molecule has 0 aliphatic heterocycles. The van der Waals surface area contributed by atoms with Crippen molar-refractivity contribution in [3.63, 3.8) is 0 Å². The van der Waals surface area contributed by atoms with Gasteiger partial charge in [0.1, 0.15) is 0 Å². The van der Waals surface area contributed by atoms with E-state index < -0.39 is 0 Å². The standard InChI is InChI=1S/C15H25NOS/c1-10-7-15(12(3)18-10)11(2)16-9-13-5-4-6-14(17)8-13/h7,11,13-14,16-17H,4-6,8-9H2,1-3H3. The van der Waals surface area contributed by atoms with Gasteiger partial charge in [-0.1, -0.05) is 6.42 Å². The largest absolute Gasteiger partial charge is 0.393 e. The molecule has 1 fully saturated rings. The Morgan fingerprint density at radius 2 is 2.22 bits per heavy atom. The Kier molecular flexibility index (Phi) is 4.82. The molecule has 0 bridgehead atoms. The van der Waals surface area contributed by atoms with Gasteiger partial charge in [0, 0.05) is 15.8 Å². The average molecular weight is 267 g/mol. The fourth-order valence-corrected chi connectivity index (χ4v) is 4.00. The van der Waals surface area contributed by atoms with Crippen LogP contribution >= 0.6 is 11.3 Å². The van der Waals surface area contributed by atoms with Crippen LogP contribution in [0.4, 0.5) is 0 Å². The predicted molar refractivity (Wildman–Crippen MR) is 78.2 cm³/mol. The number of aryl methyl sites for hydroxylation is 2. The van der Waals surface area contributed by atoms with Gasteiger partial charge in [-0.25, -0.2) is 0 Å². The van der Waals surface area contributed by atoms with E-state index in [9.17, 15) is 5.11 Å². The lowest BCUT2D eigenvalue weighted by Gasteiger charge is -2.27. The van der Waals surface area contributed by atoms with E-state index >= 15 is 0 Å². The molecule has 3 unspecified atom stereocenters. The van der Waals surface area contributed by atoms with Crippen molar-refractivity contribution in [1.82, 2.24) is 5.32 Å². The smallest absolute Gasteiger partial charge is 0.0543 e. The molecule has 1 aliphatic rings. The first-order valence-electron chi connectivity index (χ1n) is 7.04. The minimum absolute atomic E-state index is 0.0639. The molecule has 0 aromatic carbocycles. The maximum absolute atomic E-state index is 9.68. The quantitative estimate of drug-likeness (QED) is 0.874. The maximum Gasteiger partial charge on any atom is 0.0543 e. The van der Waals surface area contributed by atoms with E-state index in [1.807, 2.05) is 11.3 Å². The van der Waals surface area contributed by atoms with Crippen molar-refractivity contribution in [2.24, 2.45) is 5.92 Å². The third-order valence-electron chi connectivity index (χ3n) is 4.01. The van der Waals surface area contributed by atoms with Crippen molar-refractivity contribution in [1.29, 1.82) is 0 Å². The van der Waals surface area contributed by atoms with Gasteiger partial charge in [-0.2, -0.15) is 0 Å². The average Bonchev–Trinajstić information content (AvgIpc) is 2.66. The number of aliphatic hydroxyl groups excluding tert-OH is 1. The molecule has 1 aromatic rings. The third-order valence-corrected chi connectivity index (χ3v) is 5.00. The zero-order valence-electron chi connectivity index (χ0n) is 11.7. The molecule has 102 valence electrons. The van der Waals surface area contributed by atoms with E-state index in [0.717, 1.165) is 19.4 Å². The van der Waals surface area contributed by atoms with Crippen molar-refractivity contribution < 1.29 is 5.11 Å². The van der Waals surface area contributed by atoms with Gasteiger partial charge in [0.2, 0.25) is 0 Å². The van der Waals surface area contributed by atoms with Crippen molar-refractivity contribution in [3.05, 3.63) is 21.4 Å². The number of nitrogens with one attached hydrogen (secondary N) is 1. The van der Waals surface area contributed by atoms with Crippen molar-refractivity contribution in [3.8, 4) is 0 Å². The van der Waals surface area contributed by atoms with E-state index in [4.69, 9.17) is 0 Å². The highest BCUT2D eigenvalue weighted by molar-refractivity contribution is 7.12. The molecule has 1 aromatic heterocycles. The summed E-state index contributed by atoms with van der Waals surface area (Å²) in [5, 5.41) is 13.3. The first kappa shape index (κ1) is 14.0. The summed E-state index contributed by atoms with van der Waals surface area (Å²) in [6.07, 6.45) is 4.35. The van der Waals surface area contributed by atoms with E-state index in [-0.39, 0.29) is 6.10 Å². The first-order valence-corrected chi connectivity index (χ1v) is 7.86. The molecule has 2 nitrogen and oxygen atoms in total. The predicted octanol–water partition coefficient (Wildman–Crippen LogP) is 3.57. The summed E-state index contributed by atoms with van der Waals surface area (Å²) in [5.41, 5.74) is 1.44. The van der Waals surface area contributed by atoms with Gasteiger partial charge in [-0.15, -0.1) is 11.3 Å². The highest BCUT2D eigenvalue weighted by Crippen LogP contribution is 2.28. The lowest BCUT2D eigenvalue weighted by atomic mass is 9.87. The molecule has 1 saturated carbocycles. The Morgan fingerprint density at radius 3 is 2.83 bits per heavy atom. The monoisotopic (exact) mass is 267 g/mol. The topological polar surface area (TPSA) is 32.3 Å². The number of hydrogen-bond acceptors (Lipinski definition) is 3. The zero-order valence-corrected chi connectivity index (χ0v) is 12.5. The Labute approximate surface area is 114 Å². The van der Waals surface area contributed by atoms with Crippen molar-refractivity contribution in [2.45, 2.75) is 58.6 Å². The van der Waals surface area contributed by atoms with Crippen molar-refractivity contribution >= 4 is 11.3 Å². The molecule has 18 heavy (non-hydrogen) atoms. The first-order chi connectivity index (χ1) is 8.56. The SMILES string of the molecule is Cc1cc(C(C)NCC2CCCC(O)C2)c(C)s1. The molecule has 0 amide bonds. The van der Waals surface area contributed by atoms with Crippen LogP contribution in [-0.4, -0.2) is 17.8 Å². The van der Waals surface area contributed by atoms with Crippen LogP contribution in [-0.2, 0) is 0 Å². The lowest BCUT2D eigenvalue weighted by molar-refractivity contribution is 0.0998. The van der Waals surface area contributed by atoms with Crippen LogP contribution in [0.15, 0.2) is 6.07 Å². The van der Waals surface area contributed by atoms with Crippen LogP contribution in [0.5, 0.6) is 0 Å². The van der Waals surface area contributed by atoms with Crippen LogP contribution in [0.2, 0.25) is 0 Å². The Balaban J connectivity index is 1.84. The summed E-state index contributed by atoms with van der Waals surface area (Å²) in [5.74, 6) is 0.649. The summed E-state index contributed by atoms with van der Waals surface area (Å²) < 4.78 is 0. The lowest BCUT2D eigenvalue weighted by Crippen LogP contribution is -2.30. The molecule has 3 heteroatoms. The van der Waals surface area contributed by atoms with Crippen LogP contribution in [0, 0.1) is 19.8 Å². The van der Waals surface area contributed by atoms with Gasteiger partial charge in [-0.3, -0.25) is 0 Å². The van der Waals surface area contributed by atoms with Crippen LogP contribution in [0.25, 0.3) is 0 Å². The second-order valence-electron chi connectivity index (χ2n) is 5.68. The normalized spacial score (nSPS) is 26.2. The van der Waals surface area contributed by atoms with Gasteiger partial charge < -0.3 is 10.4 Å². The molecule has 3 atom stereocenters. The summed E-state index contributed by atoms with van der Waals surface area (Å²) in [6, 6.07) is 2.72. The highest BCUT2D eigenvalue weighted by Gasteiger charge is 2.21. The second-order valence-corrected chi connectivity index (χ2v) is 7.15. The summed E-state index contributed by atoms with van der Waals surface area (Å²) in [7, 11) is 0. The van der Waals surface area contributed by atoms with E-state index in [1.165, 1.54) is 28.2 Å². The number of aliphatic hydroxyl groups is 1. The Hall–Kier alpha value is -0.380. The maximum atomic E-state index is 9.68. The Bertz CT molecular complexity index is 388. The molecule has 2 N–H and O–H groups in total. The van der Waals surface area contributed by atoms with E-state index in [2.05, 4.69) is 32.2 Å². The molecule has 2 rings (SSSR count). The molecule has 0 spiro atoms. The molecular weight excluding hydrogens is 242 g/mol. The minimum atomic E-state index is -0.0639. The van der Waals surface area contributed by atoms with Gasteiger partial charge >= 0.3 is 0 Å². The number of rotatable bonds is 4. The highest BCUT2D eigenvalue weighted by atomic mass is 32.1. The summed E-state index contributed by atoms with van der Waals surface area (Å²) in [4.78, 5) is 2.82. The van der Waals surface area contributed by atoms with Crippen LogP contribution < -0.4 is 5.32 Å². The minimum Gasteiger partial charge on any atom is -0.393 e. The number of hydrogen-bond donors (Lipinski definition) is 2. The van der Waals surface area contributed by atoms with Crippen LogP contribution in [0.1, 0.15) is 54.0 Å². The number of thiophene rings is 1. The molecule has 1 aliphatic carbocycles. The molecule has 0 saturated heterocycles. The molecule has 0 radical (unpaired) electrons. The van der Waals surface area contributed by atoms with Gasteiger partial charge in [0.25, 0.3) is 0 Å². The summed E-state index contributed by atoms with van der Waals surface area (Å²) in [6.45, 7) is 7.65. The van der Waals surface area contributed by atoms with Gasteiger partial charge in [0.15, 0.2) is 0 Å². The summed E-state index contributed by atoms with van der Waals surface area (Å²) >= 11 is 1.88. The zero-order chi connectivity index (χ0) is 13.1. The molecule has 1 heterocycles. The fourth-order valence-electron chi connectivity index (χ4n) is 2.98.